The number of phenols is 1. The Morgan fingerprint density at radius 3 is 2.81 bits per heavy atom. The molecule has 2 aromatic carbocycles. The number of aromatic hydroxyl groups is 1. The number of nitrogens with one attached hydrogen (secondary N) is 1. The Bertz CT molecular complexity index is 643. The highest BCUT2D eigenvalue weighted by Gasteiger charge is 2.13. The molecule has 2 rings (SSSR count). The first-order chi connectivity index (χ1) is 10.1. The van der Waals surface area contributed by atoms with Crippen molar-refractivity contribution in [2.24, 2.45) is 0 Å². The lowest BCUT2D eigenvalue weighted by Crippen LogP contribution is -2.14. The number of hydrogen-bond acceptors (Lipinski definition) is 3. The van der Waals surface area contributed by atoms with Gasteiger partial charge in [-0.25, -0.2) is 0 Å². The molecule has 0 aliphatic heterocycles. The molecule has 2 aromatic rings. The van der Waals surface area contributed by atoms with Crippen molar-refractivity contribution in [3.8, 4) is 5.75 Å². The van der Waals surface area contributed by atoms with Crippen LogP contribution in [0, 0.1) is 0 Å². The molecule has 0 saturated heterocycles. The summed E-state index contributed by atoms with van der Waals surface area (Å²) in [5.41, 5.74) is 1.80. The fourth-order valence-corrected chi connectivity index (χ4v) is 2.12. The van der Waals surface area contributed by atoms with E-state index in [1.807, 2.05) is 24.3 Å². The number of carbonyl (C=O) groups excluding carboxylic acids is 1. The van der Waals surface area contributed by atoms with Gasteiger partial charge in [-0.2, -0.15) is 0 Å². The number of carbonyl (C=O) groups is 1. The molecular weight excluding hydrogens is 290 g/mol. The second kappa shape index (κ2) is 7.11. The third-order valence-corrected chi connectivity index (χ3v) is 3.28. The second-order valence-electron chi connectivity index (χ2n) is 4.52. The average molecular weight is 306 g/mol. The summed E-state index contributed by atoms with van der Waals surface area (Å²) in [5, 5.41) is 12.9. The number of anilines is 1. The van der Waals surface area contributed by atoms with Crippen molar-refractivity contribution < 1.29 is 14.6 Å². The Kier molecular flexibility index (Phi) is 5.20. The SMILES string of the molecule is COCCc1ccccc1NC(=O)c1cc(Cl)ccc1O. The number of para-hydroxylation sites is 1. The molecule has 0 aliphatic carbocycles. The summed E-state index contributed by atoms with van der Waals surface area (Å²) >= 11 is 5.86. The zero-order valence-corrected chi connectivity index (χ0v) is 12.4. The fraction of sp³-hybridized carbons (Fsp3) is 0.188. The van der Waals surface area contributed by atoms with Crippen molar-refractivity contribution >= 4 is 23.2 Å². The molecular formula is C16H16ClNO3. The Morgan fingerprint density at radius 1 is 1.29 bits per heavy atom. The molecule has 0 aliphatic rings. The van der Waals surface area contributed by atoms with Crippen LogP contribution in [0.2, 0.25) is 5.02 Å². The molecule has 0 heterocycles. The van der Waals surface area contributed by atoms with E-state index in [2.05, 4.69) is 5.32 Å². The van der Waals surface area contributed by atoms with Gasteiger partial charge in [0.1, 0.15) is 5.75 Å². The summed E-state index contributed by atoms with van der Waals surface area (Å²) in [6, 6.07) is 11.8. The summed E-state index contributed by atoms with van der Waals surface area (Å²) in [5.74, 6) is -0.508. The number of amides is 1. The number of phenolic OH excluding ortho intramolecular Hbond substituents is 1. The monoisotopic (exact) mass is 305 g/mol. The molecule has 0 unspecified atom stereocenters. The van der Waals surface area contributed by atoms with Crippen molar-refractivity contribution in [1.82, 2.24) is 0 Å². The standard InChI is InChI=1S/C16H16ClNO3/c1-21-9-8-11-4-2-3-5-14(11)18-16(20)13-10-12(17)6-7-15(13)19/h2-7,10,19H,8-9H2,1H3,(H,18,20). The number of hydrogen-bond donors (Lipinski definition) is 2. The van der Waals surface area contributed by atoms with E-state index in [1.165, 1.54) is 18.2 Å². The van der Waals surface area contributed by atoms with E-state index >= 15 is 0 Å². The summed E-state index contributed by atoms with van der Waals surface area (Å²) in [7, 11) is 1.63. The Morgan fingerprint density at radius 2 is 2.05 bits per heavy atom. The largest absolute Gasteiger partial charge is 0.507 e. The third-order valence-electron chi connectivity index (χ3n) is 3.04. The van der Waals surface area contributed by atoms with Gasteiger partial charge >= 0.3 is 0 Å². The van der Waals surface area contributed by atoms with E-state index < -0.39 is 5.91 Å². The maximum Gasteiger partial charge on any atom is 0.259 e. The Balaban J connectivity index is 2.21. The molecule has 110 valence electrons. The van der Waals surface area contributed by atoms with Crippen LogP contribution >= 0.6 is 11.6 Å². The van der Waals surface area contributed by atoms with Gasteiger partial charge in [-0.05, 0) is 36.2 Å². The minimum absolute atomic E-state index is 0.105. The topological polar surface area (TPSA) is 58.6 Å². The zero-order valence-electron chi connectivity index (χ0n) is 11.6. The zero-order chi connectivity index (χ0) is 15.2. The highest BCUT2D eigenvalue weighted by Crippen LogP contribution is 2.23. The molecule has 2 N–H and O–H groups in total. The quantitative estimate of drug-likeness (QED) is 0.889. The van der Waals surface area contributed by atoms with Crippen molar-refractivity contribution in [2.75, 3.05) is 19.0 Å². The van der Waals surface area contributed by atoms with Crippen LogP contribution in [0.5, 0.6) is 5.75 Å². The smallest absolute Gasteiger partial charge is 0.259 e. The van der Waals surface area contributed by atoms with Crippen LogP contribution in [0.3, 0.4) is 0 Å². The van der Waals surface area contributed by atoms with Crippen molar-refractivity contribution in [2.45, 2.75) is 6.42 Å². The van der Waals surface area contributed by atoms with E-state index in [9.17, 15) is 9.90 Å². The van der Waals surface area contributed by atoms with E-state index in [1.54, 1.807) is 7.11 Å². The molecule has 0 radical (unpaired) electrons. The number of methoxy groups -OCH3 is 1. The van der Waals surface area contributed by atoms with Gasteiger partial charge in [-0.15, -0.1) is 0 Å². The van der Waals surface area contributed by atoms with Gasteiger partial charge in [0, 0.05) is 17.8 Å². The number of halogens is 1. The van der Waals surface area contributed by atoms with Gasteiger partial charge in [0.2, 0.25) is 0 Å². The molecule has 21 heavy (non-hydrogen) atoms. The van der Waals surface area contributed by atoms with E-state index in [4.69, 9.17) is 16.3 Å². The van der Waals surface area contributed by atoms with Crippen molar-refractivity contribution in [3.63, 3.8) is 0 Å². The minimum atomic E-state index is -0.403. The van der Waals surface area contributed by atoms with Crippen LogP contribution < -0.4 is 5.32 Å². The summed E-state index contributed by atoms with van der Waals surface area (Å²) in [6.45, 7) is 0.565. The maximum atomic E-state index is 12.3. The first kappa shape index (κ1) is 15.4. The number of rotatable bonds is 5. The summed E-state index contributed by atoms with van der Waals surface area (Å²) in [6.07, 6.45) is 0.689. The molecule has 0 aromatic heterocycles. The van der Waals surface area contributed by atoms with Gasteiger partial charge in [0.25, 0.3) is 5.91 Å². The fourth-order valence-electron chi connectivity index (χ4n) is 1.95. The van der Waals surface area contributed by atoms with Crippen LogP contribution in [-0.2, 0) is 11.2 Å². The van der Waals surface area contributed by atoms with Gasteiger partial charge in [-0.3, -0.25) is 4.79 Å². The molecule has 5 heteroatoms. The first-order valence-corrected chi connectivity index (χ1v) is 6.86. The highest BCUT2D eigenvalue weighted by molar-refractivity contribution is 6.31. The highest BCUT2D eigenvalue weighted by atomic mass is 35.5. The average Bonchev–Trinajstić information content (AvgIpc) is 2.48. The molecule has 0 bridgehead atoms. The molecule has 0 atom stereocenters. The molecule has 0 saturated carbocycles. The van der Waals surface area contributed by atoms with Crippen molar-refractivity contribution in [3.05, 3.63) is 58.6 Å². The van der Waals surface area contributed by atoms with Gasteiger partial charge in [0.15, 0.2) is 0 Å². The maximum absolute atomic E-state index is 12.3. The van der Waals surface area contributed by atoms with E-state index in [-0.39, 0.29) is 11.3 Å². The lowest BCUT2D eigenvalue weighted by molar-refractivity contribution is 0.102. The van der Waals surface area contributed by atoms with Crippen LogP contribution in [-0.4, -0.2) is 24.7 Å². The second-order valence-corrected chi connectivity index (χ2v) is 4.95. The van der Waals surface area contributed by atoms with Crippen molar-refractivity contribution in [1.29, 1.82) is 0 Å². The van der Waals surface area contributed by atoms with Crippen LogP contribution in [0.1, 0.15) is 15.9 Å². The lowest BCUT2D eigenvalue weighted by atomic mass is 10.1. The van der Waals surface area contributed by atoms with Crippen LogP contribution in [0.15, 0.2) is 42.5 Å². The predicted molar refractivity (Wildman–Crippen MR) is 83.1 cm³/mol. The normalized spacial score (nSPS) is 10.4. The molecule has 1 amide bonds. The van der Waals surface area contributed by atoms with Crippen LogP contribution in [0.25, 0.3) is 0 Å². The minimum Gasteiger partial charge on any atom is -0.507 e. The molecule has 4 nitrogen and oxygen atoms in total. The first-order valence-electron chi connectivity index (χ1n) is 6.48. The van der Waals surface area contributed by atoms with Gasteiger partial charge in [0.05, 0.1) is 12.2 Å². The Labute approximate surface area is 128 Å². The number of benzene rings is 2. The summed E-state index contributed by atoms with van der Waals surface area (Å²) < 4.78 is 5.06. The van der Waals surface area contributed by atoms with Gasteiger partial charge < -0.3 is 15.2 Å². The third kappa shape index (κ3) is 3.97. The predicted octanol–water partition coefficient (Wildman–Crippen LogP) is 3.49. The Hall–Kier alpha value is -2.04. The lowest BCUT2D eigenvalue weighted by Gasteiger charge is -2.11. The van der Waals surface area contributed by atoms with Crippen LogP contribution in [0.4, 0.5) is 5.69 Å². The molecule has 0 spiro atoms. The van der Waals surface area contributed by atoms with E-state index in [0.29, 0.717) is 23.7 Å². The molecule has 0 fully saturated rings. The van der Waals surface area contributed by atoms with Gasteiger partial charge in [-0.1, -0.05) is 29.8 Å². The number of ether oxygens (including phenoxy) is 1. The summed E-state index contributed by atoms with van der Waals surface area (Å²) in [4.78, 5) is 12.3. The van der Waals surface area contributed by atoms with E-state index in [0.717, 1.165) is 5.56 Å².